The molecule has 1 heterocycles. The molecule has 0 atom stereocenters. The Hall–Kier alpha value is -1.84. The summed E-state index contributed by atoms with van der Waals surface area (Å²) < 4.78 is 5.13. The molecule has 3 N–H and O–H groups in total. The number of aromatic nitrogens is 1. The molecule has 0 saturated heterocycles. The van der Waals surface area contributed by atoms with Crippen molar-refractivity contribution in [1.29, 1.82) is 0 Å². The number of halogens is 2. The number of guanidine groups is 1. The van der Waals surface area contributed by atoms with Gasteiger partial charge in [0.1, 0.15) is 10.8 Å². The second-order valence-electron chi connectivity index (χ2n) is 5.50. The van der Waals surface area contributed by atoms with E-state index in [2.05, 4.69) is 32.8 Å². The normalized spacial score (nSPS) is 11.0. The zero-order valence-corrected chi connectivity index (χ0v) is 18.6. The standard InChI is InChI=1S/C19H19ClN4OS.HI/c1-25-17-8-7-14(11-16(17)20)24-19(21)22-10-9-15-12-26-18(23-15)13-5-3-2-4-6-13;/h2-8,11-12H,9-10H2,1H3,(H3,21,22,24);1H. The molecule has 3 aromatic rings. The van der Waals surface area contributed by atoms with Gasteiger partial charge in [-0.25, -0.2) is 4.98 Å². The fraction of sp³-hybridized carbons (Fsp3) is 0.158. The summed E-state index contributed by atoms with van der Waals surface area (Å²) in [6.45, 7) is 0.556. The third-order valence-electron chi connectivity index (χ3n) is 3.65. The van der Waals surface area contributed by atoms with Gasteiger partial charge in [0.25, 0.3) is 0 Å². The molecule has 27 heavy (non-hydrogen) atoms. The topological polar surface area (TPSA) is 72.5 Å². The van der Waals surface area contributed by atoms with E-state index in [0.29, 0.717) is 23.3 Å². The number of nitrogens with zero attached hydrogens (tertiary/aromatic N) is 2. The molecule has 0 aliphatic heterocycles. The second-order valence-corrected chi connectivity index (χ2v) is 6.77. The van der Waals surface area contributed by atoms with E-state index in [1.807, 2.05) is 24.3 Å². The van der Waals surface area contributed by atoms with Crippen LogP contribution in [0.25, 0.3) is 10.6 Å². The lowest BCUT2D eigenvalue weighted by Gasteiger charge is -2.08. The molecule has 0 aliphatic carbocycles. The molecule has 1 aromatic heterocycles. The monoisotopic (exact) mass is 514 g/mol. The van der Waals surface area contributed by atoms with E-state index in [-0.39, 0.29) is 24.0 Å². The van der Waals surface area contributed by atoms with Gasteiger partial charge < -0.3 is 15.8 Å². The van der Waals surface area contributed by atoms with Crippen LogP contribution in [0.2, 0.25) is 5.02 Å². The van der Waals surface area contributed by atoms with Crippen molar-refractivity contribution in [3.8, 4) is 16.3 Å². The molecule has 0 radical (unpaired) electrons. The summed E-state index contributed by atoms with van der Waals surface area (Å²) in [6, 6.07) is 15.5. The number of ether oxygens (including phenoxy) is 1. The van der Waals surface area contributed by atoms with E-state index in [4.69, 9.17) is 22.1 Å². The second kappa shape index (κ2) is 10.5. The summed E-state index contributed by atoms with van der Waals surface area (Å²) in [7, 11) is 1.58. The van der Waals surface area contributed by atoms with E-state index < -0.39 is 0 Å². The van der Waals surface area contributed by atoms with Gasteiger partial charge >= 0.3 is 0 Å². The SMILES string of the molecule is COc1ccc(NC(N)=NCCc2csc(-c3ccccc3)n2)cc1Cl.I. The average molecular weight is 515 g/mol. The van der Waals surface area contributed by atoms with Crippen LogP contribution in [0.4, 0.5) is 5.69 Å². The number of nitrogens with one attached hydrogen (secondary N) is 1. The number of thiazole rings is 1. The van der Waals surface area contributed by atoms with Crippen LogP contribution in [-0.2, 0) is 6.42 Å². The molecule has 0 fully saturated rings. The van der Waals surface area contributed by atoms with Crippen LogP contribution in [0.1, 0.15) is 5.69 Å². The summed E-state index contributed by atoms with van der Waals surface area (Å²) in [5, 5.41) is 6.61. The van der Waals surface area contributed by atoms with Crippen LogP contribution in [-0.4, -0.2) is 24.6 Å². The van der Waals surface area contributed by atoms with Crippen molar-refractivity contribution in [3.63, 3.8) is 0 Å². The molecule has 0 amide bonds. The Bertz CT molecular complexity index is 902. The Kier molecular flexibility index (Phi) is 8.33. The Morgan fingerprint density at radius 2 is 2.04 bits per heavy atom. The molecule has 0 unspecified atom stereocenters. The highest BCUT2D eigenvalue weighted by atomic mass is 127. The van der Waals surface area contributed by atoms with Gasteiger partial charge in [-0.3, -0.25) is 4.99 Å². The maximum atomic E-state index is 6.10. The van der Waals surface area contributed by atoms with Gasteiger partial charge in [-0.2, -0.15) is 0 Å². The van der Waals surface area contributed by atoms with Crippen molar-refractivity contribution in [3.05, 3.63) is 64.6 Å². The molecule has 0 aliphatic rings. The third kappa shape index (κ3) is 6.08. The van der Waals surface area contributed by atoms with Gasteiger partial charge in [-0.15, -0.1) is 35.3 Å². The minimum atomic E-state index is 0. The lowest BCUT2D eigenvalue weighted by atomic mass is 10.2. The molecular weight excluding hydrogens is 495 g/mol. The van der Waals surface area contributed by atoms with Crippen molar-refractivity contribution < 1.29 is 4.74 Å². The van der Waals surface area contributed by atoms with E-state index in [1.54, 1.807) is 30.6 Å². The van der Waals surface area contributed by atoms with Crippen LogP contribution < -0.4 is 15.8 Å². The number of aliphatic imine (C=N–C) groups is 1. The molecule has 3 rings (SSSR count). The van der Waals surface area contributed by atoms with Crippen molar-refractivity contribution in [2.24, 2.45) is 10.7 Å². The molecular formula is C19H20ClIN4OS. The zero-order chi connectivity index (χ0) is 18.4. The minimum absolute atomic E-state index is 0. The largest absolute Gasteiger partial charge is 0.495 e. The van der Waals surface area contributed by atoms with Gasteiger partial charge in [0.05, 0.1) is 17.8 Å². The van der Waals surface area contributed by atoms with Gasteiger partial charge in [0.15, 0.2) is 5.96 Å². The maximum absolute atomic E-state index is 6.10. The molecule has 0 spiro atoms. The summed E-state index contributed by atoms with van der Waals surface area (Å²) in [6.07, 6.45) is 0.731. The van der Waals surface area contributed by atoms with E-state index in [9.17, 15) is 0 Å². The highest BCUT2D eigenvalue weighted by molar-refractivity contribution is 14.0. The van der Waals surface area contributed by atoms with Crippen LogP contribution in [0.3, 0.4) is 0 Å². The first kappa shape index (κ1) is 21.5. The van der Waals surface area contributed by atoms with E-state index in [1.165, 1.54) is 0 Å². The summed E-state index contributed by atoms with van der Waals surface area (Å²) in [4.78, 5) is 8.99. The summed E-state index contributed by atoms with van der Waals surface area (Å²) in [5.41, 5.74) is 8.84. The van der Waals surface area contributed by atoms with Crippen molar-refractivity contribution in [2.45, 2.75) is 6.42 Å². The Morgan fingerprint density at radius 3 is 2.74 bits per heavy atom. The Morgan fingerprint density at radius 1 is 1.26 bits per heavy atom. The van der Waals surface area contributed by atoms with Crippen molar-refractivity contribution in [2.75, 3.05) is 19.0 Å². The lowest BCUT2D eigenvalue weighted by molar-refractivity contribution is 0.415. The number of nitrogens with two attached hydrogens (primary N) is 1. The summed E-state index contributed by atoms with van der Waals surface area (Å²) in [5.74, 6) is 0.954. The van der Waals surface area contributed by atoms with E-state index in [0.717, 1.165) is 28.4 Å². The van der Waals surface area contributed by atoms with Gasteiger partial charge in [0.2, 0.25) is 0 Å². The predicted molar refractivity (Wildman–Crippen MR) is 125 cm³/mol. The smallest absolute Gasteiger partial charge is 0.193 e. The molecule has 5 nitrogen and oxygen atoms in total. The minimum Gasteiger partial charge on any atom is -0.495 e. The third-order valence-corrected chi connectivity index (χ3v) is 4.88. The molecule has 2 aromatic carbocycles. The molecule has 142 valence electrons. The molecule has 0 bridgehead atoms. The number of hydrogen-bond acceptors (Lipinski definition) is 4. The lowest BCUT2D eigenvalue weighted by Crippen LogP contribution is -2.23. The average Bonchev–Trinajstić information content (AvgIpc) is 3.11. The number of anilines is 1. The van der Waals surface area contributed by atoms with Crippen LogP contribution in [0.5, 0.6) is 5.75 Å². The highest BCUT2D eigenvalue weighted by Gasteiger charge is 2.05. The Balaban J connectivity index is 0.00000261. The highest BCUT2D eigenvalue weighted by Crippen LogP contribution is 2.27. The number of methoxy groups -OCH3 is 1. The first-order valence-corrected chi connectivity index (χ1v) is 9.32. The maximum Gasteiger partial charge on any atom is 0.193 e. The van der Waals surface area contributed by atoms with Crippen molar-refractivity contribution >= 4 is 58.6 Å². The number of benzene rings is 2. The predicted octanol–water partition coefficient (Wildman–Crippen LogP) is 5.06. The number of hydrogen-bond donors (Lipinski definition) is 2. The van der Waals surface area contributed by atoms with Crippen LogP contribution in [0, 0.1) is 0 Å². The fourth-order valence-corrected chi connectivity index (χ4v) is 3.48. The molecule has 8 heteroatoms. The molecule has 0 saturated carbocycles. The van der Waals surface area contributed by atoms with Crippen molar-refractivity contribution in [1.82, 2.24) is 4.98 Å². The quantitative estimate of drug-likeness (QED) is 0.274. The number of rotatable bonds is 6. The van der Waals surface area contributed by atoms with E-state index >= 15 is 0 Å². The first-order chi connectivity index (χ1) is 12.7. The van der Waals surface area contributed by atoms with Crippen LogP contribution in [0.15, 0.2) is 58.9 Å². The zero-order valence-electron chi connectivity index (χ0n) is 14.7. The van der Waals surface area contributed by atoms with Gasteiger partial charge in [-0.05, 0) is 18.2 Å². The van der Waals surface area contributed by atoms with Crippen LogP contribution >= 0.6 is 46.9 Å². The van der Waals surface area contributed by atoms with Gasteiger partial charge in [0, 0.05) is 29.6 Å². The van der Waals surface area contributed by atoms with Gasteiger partial charge in [-0.1, -0.05) is 41.9 Å². The fourth-order valence-electron chi connectivity index (χ4n) is 2.36. The Labute approximate surface area is 184 Å². The summed E-state index contributed by atoms with van der Waals surface area (Å²) >= 11 is 7.73. The first-order valence-electron chi connectivity index (χ1n) is 8.06.